The van der Waals surface area contributed by atoms with E-state index in [1.54, 1.807) is 0 Å². The van der Waals surface area contributed by atoms with Gasteiger partial charge in [-0.25, -0.2) is 0 Å². The maximum Gasteiger partial charge on any atom is 0.163 e. The highest BCUT2D eigenvalue weighted by Gasteiger charge is 1.85. The number of nitrogens with one attached hydrogen (secondary N) is 1. The molecule has 0 aromatic carbocycles. The first-order valence-electron chi connectivity index (χ1n) is 2.67. The van der Waals surface area contributed by atoms with Crippen molar-refractivity contribution in [3.05, 3.63) is 0 Å². The molecule has 0 spiro atoms. The summed E-state index contributed by atoms with van der Waals surface area (Å²) in [5.74, 6) is 0. The molecule has 0 atom stereocenters. The summed E-state index contributed by atoms with van der Waals surface area (Å²) >= 11 is 4.53. The van der Waals surface area contributed by atoms with Crippen molar-refractivity contribution in [2.75, 3.05) is 6.54 Å². The SMILES string of the molecule is Cl.N#CCCCNC(N)=S. The fraction of sp³-hybridized carbons (Fsp3) is 0.600. The number of rotatable bonds is 3. The molecule has 3 N–H and O–H groups in total. The molecule has 58 valence electrons. The zero-order valence-corrected chi connectivity index (χ0v) is 7.10. The second kappa shape index (κ2) is 8.47. The number of nitriles is 1. The first-order chi connectivity index (χ1) is 4.27. The third-order valence-electron chi connectivity index (χ3n) is 0.765. The van der Waals surface area contributed by atoms with Crippen LogP contribution in [0.2, 0.25) is 0 Å². The van der Waals surface area contributed by atoms with Crippen LogP contribution in [0.5, 0.6) is 0 Å². The van der Waals surface area contributed by atoms with Gasteiger partial charge in [0.2, 0.25) is 0 Å². The molecule has 0 saturated carbocycles. The van der Waals surface area contributed by atoms with Gasteiger partial charge in [-0.1, -0.05) is 0 Å². The van der Waals surface area contributed by atoms with Crippen molar-refractivity contribution in [1.29, 1.82) is 5.26 Å². The molecule has 0 aromatic rings. The van der Waals surface area contributed by atoms with Gasteiger partial charge in [-0.05, 0) is 18.6 Å². The van der Waals surface area contributed by atoms with E-state index in [2.05, 4.69) is 17.5 Å². The highest BCUT2D eigenvalue weighted by Crippen LogP contribution is 1.81. The van der Waals surface area contributed by atoms with E-state index in [1.165, 1.54) is 0 Å². The predicted molar refractivity (Wildman–Crippen MR) is 46.9 cm³/mol. The molecule has 0 aliphatic rings. The lowest BCUT2D eigenvalue weighted by atomic mass is 10.3. The predicted octanol–water partition coefficient (Wildman–Crippen LogP) is 0.545. The number of hydrogen-bond donors (Lipinski definition) is 2. The van der Waals surface area contributed by atoms with E-state index in [1.807, 2.05) is 6.07 Å². The number of hydrogen-bond acceptors (Lipinski definition) is 2. The molecule has 0 heterocycles. The number of thiocarbonyl (C=S) groups is 1. The van der Waals surface area contributed by atoms with E-state index in [0.29, 0.717) is 18.1 Å². The minimum absolute atomic E-state index is 0. The smallest absolute Gasteiger partial charge is 0.163 e. The Balaban J connectivity index is 0. The summed E-state index contributed by atoms with van der Waals surface area (Å²) in [6.45, 7) is 0.697. The van der Waals surface area contributed by atoms with Crippen molar-refractivity contribution in [2.45, 2.75) is 12.8 Å². The summed E-state index contributed by atoms with van der Waals surface area (Å²) in [6, 6.07) is 2.02. The van der Waals surface area contributed by atoms with Crippen molar-refractivity contribution in [1.82, 2.24) is 5.32 Å². The molecular formula is C5H10ClN3S. The zero-order valence-electron chi connectivity index (χ0n) is 5.46. The lowest BCUT2D eigenvalue weighted by Crippen LogP contribution is -2.29. The van der Waals surface area contributed by atoms with E-state index in [0.717, 1.165) is 6.42 Å². The summed E-state index contributed by atoms with van der Waals surface area (Å²) in [7, 11) is 0. The average molecular weight is 180 g/mol. The van der Waals surface area contributed by atoms with Gasteiger partial charge >= 0.3 is 0 Å². The van der Waals surface area contributed by atoms with Gasteiger partial charge in [-0.15, -0.1) is 12.4 Å². The third-order valence-corrected chi connectivity index (χ3v) is 0.909. The number of halogens is 1. The molecule has 0 aliphatic heterocycles. The minimum atomic E-state index is 0. The Kier molecular flexibility index (Phi) is 10.3. The Bertz CT molecular complexity index is 131. The quantitative estimate of drug-likeness (QED) is 0.491. The molecular weight excluding hydrogens is 170 g/mol. The molecule has 0 radical (unpaired) electrons. The van der Waals surface area contributed by atoms with E-state index in [4.69, 9.17) is 11.0 Å². The first kappa shape index (κ1) is 12.2. The molecule has 5 heteroatoms. The van der Waals surface area contributed by atoms with Gasteiger partial charge in [0.1, 0.15) is 0 Å². The largest absolute Gasteiger partial charge is 0.376 e. The summed E-state index contributed by atoms with van der Waals surface area (Å²) in [5, 5.41) is 11.1. The number of nitrogens with zero attached hydrogens (tertiary/aromatic N) is 1. The Hall–Kier alpha value is -0.530. The van der Waals surface area contributed by atoms with Gasteiger partial charge in [0.15, 0.2) is 5.11 Å². The first-order valence-corrected chi connectivity index (χ1v) is 3.08. The standard InChI is InChI=1S/C5H9N3S.ClH/c6-3-1-2-4-8-5(7)9;/h1-2,4H2,(H3,7,8,9);1H. The van der Waals surface area contributed by atoms with Crippen molar-refractivity contribution >= 4 is 29.7 Å². The normalized spacial score (nSPS) is 7.10. The minimum Gasteiger partial charge on any atom is -0.376 e. The van der Waals surface area contributed by atoms with Crippen molar-refractivity contribution < 1.29 is 0 Å². The Morgan fingerprint density at radius 2 is 2.30 bits per heavy atom. The van der Waals surface area contributed by atoms with Gasteiger partial charge in [-0.3, -0.25) is 0 Å². The summed E-state index contributed by atoms with van der Waals surface area (Å²) in [6.07, 6.45) is 1.35. The molecule has 10 heavy (non-hydrogen) atoms. The maximum atomic E-state index is 8.09. The van der Waals surface area contributed by atoms with Crippen LogP contribution in [0.1, 0.15) is 12.8 Å². The highest BCUT2D eigenvalue weighted by atomic mass is 35.5. The van der Waals surface area contributed by atoms with Crippen LogP contribution in [-0.4, -0.2) is 11.7 Å². The summed E-state index contributed by atoms with van der Waals surface area (Å²) in [5.41, 5.74) is 5.11. The molecule has 0 unspecified atom stereocenters. The molecule has 0 saturated heterocycles. The monoisotopic (exact) mass is 179 g/mol. The van der Waals surface area contributed by atoms with Crippen LogP contribution in [0.25, 0.3) is 0 Å². The van der Waals surface area contributed by atoms with Crippen LogP contribution in [0.3, 0.4) is 0 Å². The van der Waals surface area contributed by atoms with Crippen molar-refractivity contribution in [3.63, 3.8) is 0 Å². The number of unbranched alkanes of at least 4 members (excludes halogenated alkanes) is 1. The summed E-state index contributed by atoms with van der Waals surface area (Å²) in [4.78, 5) is 0. The number of nitrogens with two attached hydrogens (primary N) is 1. The van der Waals surface area contributed by atoms with Crippen molar-refractivity contribution in [2.24, 2.45) is 5.73 Å². The van der Waals surface area contributed by atoms with E-state index < -0.39 is 0 Å². The van der Waals surface area contributed by atoms with E-state index in [-0.39, 0.29) is 12.4 Å². The molecule has 0 aromatic heterocycles. The van der Waals surface area contributed by atoms with Gasteiger partial charge in [0.05, 0.1) is 6.07 Å². The van der Waals surface area contributed by atoms with Gasteiger partial charge in [0, 0.05) is 13.0 Å². The molecule has 0 bridgehead atoms. The van der Waals surface area contributed by atoms with E-state index >= 15 is 0 Å². The van der Waals surface area contributed by atoms with Crippen molar-refractivity contribution in [3.8, 4) is 6.07 Å². The Labute approximate surface area is 72.0 Å². The van der Waals surface area contributed by atoms with Crippen LogP contribution in [-0.2, 0) is 0 Å². The highest BCUT2D eigenvalue weighted by molar-refractivity contribution is 7.80. The lowest BCUT2D eigenvalue weighted by molar-refractivity contribution is 0.796. The van der Waals surface area contributed by atoms with E-state index in [9.17, 15) is 0 Å². The van der Waals surface area contributed by atoms with Crippen LogP contribution >= 0.6 is 24.6 Å². The topological polar surface area (TPSA) is 61.8 Å². The maximum absolute atomic E-state index is 8.09. The van der Waals surface area contributed by atoms with Gasteiger partial charge in [-0.2, -0.15) is 5.26 Å². The Morgan fingerprint density at radius 1 is 1.70 bits per heavy atom. The van der Waals surface area contributed by atoms with Gasteiger partial charge in [0.25, 0.3) is 0 Å². The van der Waals surface area contributed by atoms with Crippen LogP contribution in [0, 0.1) is 11.3 Å². The molecule has 0 aliphatic carbocycles. The van der Waals surface area contributed by atoms with Crippen LogP contribution in [0.15, 0.2) is 0 Å². The second-order valence-electron chi connectivity index (χ2n) is 1.55. The van der Waals surface area contributed by atoms with Gasteiger partial charge < -0.3 is 11.1 Å². The second-order valence-corrected chi connectivity index (χ2v) is 1.99. The molecule has 0 rings (SSSR count). The third kappa shape index (κ3) is 10.5. The average Bonchev–Trinajstić information content (AvgIpc) is 1.80. The van der Waals surface area contributed by atoms with Crippen LogP contribution in [0.4, 0.5) is 0 Å². The zero-order chi connectivity index (χ0) is 7.11. The lowest BCUT2D eigenvalue weighted by Gasteiger charge is -1.98. The molecule has 0 amide bonds. The van der Waals surface area contributed by atoms with Crippen LogP contribution < -0.4 is 11.1 Å². The fourth-order valence-electron chi connectivity index (χ4n) is 0.379. The fourth-order valence-corrected chi connectivity index (χ4v) is 0.481. The molecule has 0 fully saturated rings. The molecule has 3 nitrogen and oxygen atoms in total. The Morgan fingerprint density at radius 3 is 2.70 bits per heavy atom. The summed E-state index contributed by atoms with van der Waals surface area (Å²) < 4.78 is 0.